The number of halogens is 2. The lowest BCUT2D eigenvalue weighted by Gasteiger charge is -2.34. The third-order valence-corrected chi connectivity index (χ3v) is 4.99. The Labute approximate surface area is 152 Å². The van der Waals surface area contributed by atoms with E-state index in [9.17, 15) is 4.79 Å². The van der Waals surface area contributed by atoms with E-state index in [1.807, 2.05) is 35.2 Å². The van der Waals surface area contributed by atoms with Gasteiger partial charge in [-0.15, -0.1) is 0 Å². The Morgan fingerprint density at radius 2 is 1.71 bits per heavy atom. The monoisotopic (exact) mass is 362 g/mol. The molecule has 0 unspecified atom stereocenters. The lowest BCUT2D eigenvalue weighted by molar-refractivity contribution is 0.0638. The highest BCUT2D eigenvalue weighted by molar-refractivity contribution is 6.31. The number of hydrogen-bond acceptors (Lipinski definition) is 2. The number of rotatable bonds is 4. The van der Waals surface area contributed by atoms with Crippen molar-refractivity contribution in [2.24, 2.45) is 0 Å². The highest BCUT2D eigenvalue weighted by Gasteiger charge is 2.22. The molecule has 24 heavy (non-hydrogen) atoms. The van der Waals surface area contributed by atoms with Crippen LogP contribution in [-0.4, -0.2) is 48.4 Å². The van der Waals surface area contributed by atoms with Gasteiger partial charge in [0.1, 0.15) is 0 Å². The van der Waals surface area contributed by atoms with Crippen molar-refractivity contribution < 1.29 is 4.79 Å². The van der Waals surface area contributed by atoms with Crippen LogP contribution < -0.4 is 0 Å². The van der Waals surface area contributed by atoms with E-state index in [1.165, 1.54) is 5.56 Å². The molecule has 5 heteroatoms. The molecule has 3 rings (SSSR count). The quantitative estimate of drug-likeness (QED) is 0.820. The van der Waals surface area contributed by atoms with Crippen LogP contribution in [0.1, 0.15) is 15.9 Å². The Kier molecular flexibility index (Phi) is 5.77. The number of benzene rings is 2. The van der Waals surface area contributed by atoms with Crippen molar-refractivity contribution in [3.63, 3.8) is 0 Å². The molecule has 0 spiro atoms. The van der Waals surface area contributed by atoms with Crippen LogP contribution in [-0.2, 0) is 6.42 Å². The van der Waals surface area contributed by atoms with Crippen LogP contribution in [0.3, 0.4) is 0 Å². The second-order valence-electron chi connectivity index (χ2n) is 5.99. The highest BCUT2D eigenvalue weighted by Crippen LogP contribution is 2.17. The Balaban J connectivity index is 1.51. The van der Waals surface area contributed by atoms with Gasteiger partial charge in [-0.2, -0.15) is 0 Å². The van der Waals surface area contributed by atoms with Gasteiger partial charge in [0, 0.05) is 48.3 Å². The summed E-state index contributed by atoms with van der Waals surface area (Å²) >= 11 is 12.2. The van der Waals surface area contributed by atoms with Crippen molar-refractivity contribution in [3.05, 3.63) is 69.7 Å². The van der Waals surface area contributed by atoms with Crippen molar-refractivity contribution >= 4 is 29.1 Å². The summed E-state index contributed by atoms with van der Waals surface area (Å²) in [6.07, 6.45) is 0.932. The second-order valence-corrected chi connectivity index (χ2v) is 6.83. The minimum atomic E-state index is 0.0586. The fraction of sp³-hybridized carbons (Fsp3) is 0.316. The summed E-state index contributed by atoms with van der Waals surface area (Å²) in [6.45, 7) is 4.22. The summed E-state index contributed by atoms with van der Waals surface area (Å²) < 4.78 is 0. The number of amides is 1. The SMILES string of the molecule is O=C(c1cccc(Cl)c1)N1CCN(CCc2ccccc2Cl)CC1. The maximum Gasteiger partial charge on any atom is 0.253 e. The molecule has 3 nitrogen and oxygen atoms in total. The minimum Gasteiger partial charge on any atom is -0.336 e. The molecular formula is C19H20Cl2N2O. The molecule has 2 aromatic rings. The fourth-order valence-electron chi connectivity index (χ4n) is 2.96. The number of carbonyl (C=O) groups excluding carboxylic acids is 1. The van der Waals surface area contributed by atoms with Crippen molar-refractivity contribution in [3.8, 4) is 0 Å². The Bertz CT molecular complexity index is 712. The third-order valence-electron chi connectivity index (χ3n) is 4.39. The first-order chi connectivity index (χ1) is 11.6. The largest absolute Gasteiger partial charge is 0.336 e. The summed E-state index contributed by atoms with van der Waals surface area (Å²) in [7, 11) is 0. The third kappa shape index (κ3) is 4.29. The molecule has 0 radical (unpaired) electrons. The molecule has 1 fully saturated rings. The number of piperazine rings is 1. The van der Waals surface area contributed by atoms with Crippen molar-refractivity contribution in [1.82, 2.24) is 9.80 Å². The van der Waals surface area contributed by atoms with E-state index in [-0.39, 0.29) is 5.91 Å². The fourth-order valence-corrected chi connectivity index (χ4v) is 3.38. The van der Waals surface area contributed by atoms with Gasteiger partial charge in [0.15, 0.2) is 0 Å². The normalized spacial score (nSPS) is 15.5. The molecule has 2 aromatic carbocycles. The van der Waals surface area contributed by atoms with Crippen molar-refractivity contribution in [2.75, 3.05) is 32.7 Å². The number of hydrogen-bond donors (Lipinski definition) is 0. The molecule has 0 aromatic heterocycles. The van der Waals surface area contributed by atoms with Gasteiger partial charge in [0.05, 0.1) is 0 Å². The van der Waals surface area contributed by atoms with Crippen LogP contribution in [0.25, 0.3) is 0 Å². The van der Waals surface area contributed by atoms with E-state index >= 15 is 0 Å². The maximum atomic E-state index is 12.5. The van der Waals surface area contributed by atoms with E-state index in [0.717, 1.165) is 44.2 Å². The molecule has 1 amide bonds. The van der Waals surface area contributed by atoms with Crippen LogP contribution in [0.15, 0.2) is 48.5 Å². The molecule has 1 heterocycles. The topological polar surface area (TPSA) is 23.6 Å². The van der Waals surface area contributed by atoms with Gasteiger partial charge in [0.2, 0.25) is 0 Å². The average molecular weight is 363 g/mol. The first-order valence-electron chi connectivity index (χ1n) is 8.14. The molecule has 1 aliphatic rings. The smallest absolute Gasteiger partial charge is 0.253 e. The summed E-state index contributed by atoms with van der Waals surface area (Å²) in [5.41, 5.74) is 1.84. The van der Waals surface area contributed by atoms with Crippen molar-refractivity contribution in [2.45, 2.75) is 6.42 Å². The van der Waals surface area contributed by atoms with Crippen LogP contribution in [0, 0.1) is 0 Å². The molecule has 1 aliphatic heterocycles. The summed E-state index contributed by atoms with van der Waals surface area (Å²) in [6, 6.07) is 15.1. The van der Waals surface area contributed by atoms with Gasteiger partial charge in [0.25, 0.3) is 5.91 Å². The molecule has 1 saturated heterocycles. The lowest BCUT2D eigenvalue weighted by atomic mass is 10.1. The van der Waals surface area contributed by atoms with Gasteiger partial charge in [-0.25, -0.2) is 0 Å². The van der Waals surface area contributed by atoms with Gasteiger partial charge >= 0.3 is 0 Å². The number of nitrogens with zero attached hydrogens (tertiary/aromatic N) is 2. The van der Waals surface area contributed by atoms with Crippen LogP contribution in [0.4, 0.5) is 0 Å². The average Bonchev–Trinajstić information content (AvgIpc) is 2.61. The molecule has 0 N–H and O–H groups in total. The Morgan fingerprint density at radius 3 is 2.42 bits per heavy atom. The molecule has 0 aliphatic carbocycles. The Morgan fingerprint density at radius 1 is 0.958 bits per heavy atom. The molecule has 0 atom stereocenters. The molecular weight excluding hydrogens is 343 g/mol. The second kappa shape index (κ2) is 8.02. The zero-order valence-electron chi connectivity index (χ0n) is 13.4. The zero-order valence-corrected chi connectivity index (χ0v) is 14.9. The molecule has 0 saturated carbocycles. The number of carbonyl (C=O) groups is 1. The predicted octanol–water partition coefficient (Wildman–Crippen LogP) is 3.99. The Hall–Kier alpha value is -1.55. The molecule has 0 bridgehead atoms. The standard InChI is InChI=1S/C19H20Cl2N2O/c20-17-6-3-5-16(14-17)19(24)23-12-10-22(11-13-23)9-8-15-4-1-2-7-18(15)21/h1-7,14H,8-13H2. The van der Waals surface area contributed by atoms with Gasteiger partial charge in [-0.1, -0.05) is 47.5 Å². The summed E-state index contributed by atoms with van der Waals surface area (Å²) in [4.78, 5) is 16.8. The molecule has 126 valence electrons. The maximum absolute atomic E-state index is 12.5. The van der Waals surface area contributed by atoms with Crippen LogP contribution in [0.2, 0.25) is 10.0 Å². The zero-order chi connectivity index (χ0) is 16.9. The van der Waals surface area contributed by atoms with E-state index in [0.29, 0.717) is 10.6 Å². The minimum absolute atomic E-state index is 0.0586. The van der Waals surface area contributed by atoms with E-state index in [1.54, 1.807) is 12.1 Å². The van der Waals surface area contributed by atoms with Crippen LogP contribution in [0.5, 0.6) is 0 Å². The summed E-state index contributed by atoms with van der Waals surface area (Å²) in [5.74, 6) is 0.0586. The van der Waals surface area contributed by atoms with Crippen LogP contribution >= 0.6 is 23.2 Å². The van der Waals surface area contributed by atoms with Crippen molar-refractivity contribution in [1.29, 1.82) is 0 Å². The lowest BCUT2D eigenvalue weighted by Crippen LogP contribution is -2.49. The summed E-state index contributed by atoms with van der Waals surface area (Å²) in [5, 5.41) is 1.42. The van der Waals surface area contributed by atoms with Gasteiger partial charge in [-0.3, -0.25) is 9.69 Å². The van der Waals surface area contributed by atoms with Gasteiger partial charge in [-0.05, 0) is 36.2 Å². The highest BCUT2D eigenvalue weighted by atomic mass is 35.5. The van der Waals surface area contributed by atoms with E-state index in [2.05, 4.69) is 11.0 Å². The van der Waals surface area contributed by atoms with E-state index in [4.69, 9.17) is 23.2 Å². The first kappa shape index (κ1) is 17.3. The first-order valence-corrected chi connectivity index (χ1v) is 8.90. The van der Waals surface area contributed by atoms with Gasteiger partial charge < -0.3 is 4.90 Å². The predicted molar refractivity (Wildman–Crippen MR) is 99.0 cm³/mol. The van der Waals surface area contributed by atoms with E-state index < -0.39 is 0 Å².